The van der Waals surface area contributed by atoms with Crippen LogP contribution in [0.15, 0.2) is 34.5 Å². The number of thiophene rings is 1. The number of hydrogen-bond donors (Lipinski definition) is 1. The first-order chi connectivity index (χ1) is 13.8. The molecule has 1 N–H and O–H groups in total. The van der Waals surface area contributed by atoms with Gasteiger partial charge in [-0.05, 0) is 37.1 Å². The minimum absolute atomic E-state index is 0.198. The predicted octanol–water partition coefficient (Wildman–Crippen LogP) is 2.73. The van der Waals surface area contributed by atoms with Gasteiger partial charge in [-0.1, -0.05) is 23.8 Å². The molecule has 2 aromatic rings. The van der Waals surface area contributed by atoms with E-state index in [4.69, 9.17) is 4.74 Å². The number of urea groups is 1. The van der Waals surface area contributed by atoms with Crippen LogP contribution >= 0.6 is 11.3 Å². The maximum absolute atomic E-state index is 12.7. The van der Waals surface area contributed by atoms with Crippen molar-refractivity contribution in [3.05, 3.63) is 51.9 Å². The number of hydrogen-bond acceptors (Lipinski definition) is 5. The average Bonchev–Trinajstić information content (AvgIpc) is 3.19. The molecule has 0 radical (unpaired) electrons. The standard InChI is InChI=1S/C20H27N3O4S2/c1-15-4-5-17(16(2)12-15)14-22(3)20(24)21-13-18-6-7-19(28-18)29(25,26)23-8-10-27-11-9-23/h4-7,12H,8-11,13-14H2,1-3H3,(H,21,24). The van der Waals surface area contributed by atoms with Crippen molar-refractivity contribution in [3.63, 3.8) is 0 Å². The first-order valence-corrected chi connectivity index (χ1v) is 11.7. The Morgan fingerprint density at radius 2 is 1.93 bits per heavy atom. The molecule has 158 valence electrons. The molecule has 1 saturated heterocycles. The molecule has 1 fully saturated rings. The number of benzene rings is 1. The van der Waals surface area contributed by atoms with Crippen LogP contribution in [0.1, 0.15) is 21.6 Å². The average molecular weight is 438 g/mol. The fourth-order valence-corrected chi connectivity index (χ4v) is 6.01. The highest BCUT2D eigenvalue weighted by Crippen LogP contribution is 2.25. The molecule has 7 nitrogen and oxygen atoms in total. The highest BCUT2D eigenvalue weighted by Gasteiger charge is 2.27. The number of carbonyl (C=O) groups excluding carboxylic acids is 1. The molecule has 0 saturated carbocycles. The lowest BCUT2D eigenvalue weighted by Gasteiger charge is -2.25. The van der Waals surface area contributed by atoms with Crippen LogP contribution in [0.25, 0.3) is 0 Å². The van der Waals surface area contributed by atoms with E-state index in [0.29, 0.717) is 43.6 Å². The van der Waals surface area contributed by atoms with Crippen LogP contribution in [0.3, 0.4) is 0 Å². The van der Waals surface area contributed by atoms with Crippen molar-refractivity contribution in [1.82, 2.24) is 14.5 Å². The molecule has 1 aliphatic rings. The topological polar surface area (TPSA) is 79.0 Å². The third-order valence-electron chi connectivity index (χ3n) is 4.87. The van der Waals surface area contributed by atoms with Crippen molar-refractivity contribution >= 4 is 27.4 Å². The summed E-state index contributed by atoms with van der Waals surface area (Å²) in [6.07, 6.45) is 0. The summed E-state index contributed by atoms with van der Waals surface area (Å²) in [5, 5.41) is 2.86. The molecular weight excluding hydrogens is 410 g/mol. The second-order valence-electron chi connectivity index (χ2n) is 7.18. The van der Waals surface area contributed by atoms with E-state index in [-0.39, 0.29) is 6.03 Å². The fourth-order valence-electron chi connectivity index (χ4n) is 3.15. The molecule has 1 aromatic heterocycles. The number of carbonyl (C=O) groups is 1. The van der Waals surface area contributed by atoms with Gasteiger partial charge in [0.1, 0.15) is 4.21 Å². The smallest absolute Gasteiger partial charge is 0.317 e. The Balaban J connectivity index is 1.56. The van der Waals surface area contributed by atoms with Gasteiger partial charge in [0, 0.05) is 31.6 Å². The summed E-state index contributed by atoms with van der Waals surface area (Å²) < 4.78 is 32.4. The maximum Gasteiger partial charge on any atom is 0.317 e. The highest BCUT2D eigenvalue weighted by atomic mass is 32.2. The Morgan fingerprint density at radius 3 is 2.62 bits per heavy atom. The number of ether oxygens (including phenoxy) is 1. The van der Waals surface area contributed by atoms with Crippen LogP contribution in [-0.2, 0) is 27.8 Å². The van der Waals surface area contributed by atoms with E-state index in [2.05, 4.69) is 11.4 Å². The number of morpholine rings is 1. The first kappa shape index (κ1) is 21.8. The predicted molar refractivity (Wildman–Crippen MR) is 114 cm³/mol. The van der Waals surface area contributed by atoms with Crippen molar-refractivity contribution < 1.29 is 17.9 Å². The Kier molecular flexibility index (Phi) is 6.94. The second-order valence-corrected chi connectivity index (χ2v) is 10.5. The van der Waals surface area contributed by atoms with E-state index < -0.39 is 10.0 Å². The summed E-state index contributed by atoms with van der Waals surface area (Å²) in [5.41, 5.74) is 3.45. The third kappa shape index (κ3) is 5.36. The van der Waals surface area contributed by atoms with E-state index in [0.717, 1.165) is 16.0 Å². The molecule has 29 heavy (non-hydrogen) atoms. The van der Waals surface area contributed by atoms with E-state index >= 15 is 0 Å². The van der Waals surface area contributed by atoms with E-state index in [1.54, 1.807) is 24.1 Å². The van der Waals surface area contributed by atoms with Crippen molar-refractivity contribution in [2.45, 2.75) is 31.1 Å². The maximum atomic E-state index is 12.7. The van der Waals surface area contributed by atoms with Gasteiger partial charge in [-0.25, -0.2) is 13.2 Å². The summed E-state index contributed by atoms with van der Waals surface area (Å²) >= 11 is 1.19. The molecule has 1 aromatic carbocycles. The van der Waals surface area contributed by atoms with Gasteiger partial charge in [0.2, 0.25) is 0 Å². The van der Waals surface area contributed by atoms with Crippen molar-refractivity contribution in [2.75, 3.05) is 33.4 Å². The Morgan fingerprint density at radius 1 is 1.21 bits per heavy atom. The molecule has 3 rings (SSSR count). The van der Waals surface area contributed by atoms with Crippen molar-refractivity contribution in [1.29, 1.82) is 0 Å². The molecule has 0 spiro atoms. The Hall–Kier alpha value is -1.94. The molecule has 9 heteroatoms. The minimum Gasteiger partial charge on any atom is -0.379 e. The molecule has 0 unspecified atom stereocenters. The van der Waals surface area contributed by atoms with Gasteiger partial charge in [-0.2, -0.15) is 4.31 Å². The van der Waals surface area contributed by atoms with Crippen LogP contribution in [0.5, 0.6) is 0 Å². The highest BCUT2D eigenvalue weighted by molar-refractivity contribution is 7.91. The number of nitrogens with one attached hydrogen (secondary N) is 1. The lowest BCUT2D eigenvalue weighted by Crippen LogP contribution is -2.40. The molecular formula is C20H27N3O4S2. The van der Waals surface area contributed by atoms with Gasteiger partial charge in [0.05, 0.1) is 19.8 Å². The summed E-state index contributed by atoms with van der Waals surface area (Å²) in [5.74, 6) is 0. The third-order valence-corrected chi connectivity index (χ3v) is 8.32. The number of sulfonamides is 1. The summed E-state index contributed by atoms with van der Waals surface area (Å²) in [6, 6.07) is 9.34. The molecule has 0 atom stereocenters. The summed E-state index contributed by atoms with van der Waals surface area (Å²) in [6.45, 7) is 6.46. The van der Waals surface area contributed by atoms with Crippen molar-refractivity contribution in [3.8, 4) is 0 Å². The van der Waals surface area contributed by atoms with Crippen LogP contribution in [0.2, 0.25) is 0 Å². The first-order valence-electron chi connectivity index (χ1n) is 9.49. The second kappa shape index (κ2) is 9.25. The number of amides is 2. The van der Waals surface area contributed by atoms with Gasteiger partial charge < -0.3 is 15.0 Å². The zero-order valence-corrected chi connectivity index (χ0v) is 18.6. The van der Waals surface area contributed by atoms with E-state index in [9.17, 15) is 13.2 Å². The van der Waals surface area contributed by atoms with Crippen molar-refractivity contribution in [2.24, 2.45) is 0 Å². The molecule has 0 aliphatic carbocycles. The summed E-state index contributed by atoms with van der Waals surface area (Å²) in [7, 11) is -1.75. The zero-order valence-electron chi connectivity index (χ0n) is 17.0. The number of rotatable bonds is 6. The van der Waals surface area contributed by atoms with Gasteiger partial charge >= 0.3 is 6.03 Å². The van der Waals surface area contributed by atoms with Crippen LogP contribution in [0.4, 0.5) is 4.79 Å². The Labute approximate surface area is 176 Å². The van der Waals surface area contributed by atoms with Gasteiger partial charge in [0.15, 0.2) is 0 Å². The van der Waals surface area contributed by atoms with E-state index in [1.807, 2.05) is 26.0 Å². The quantitative estimate of drug-likeness (QED) is 0.754. The van der Waals surface area contributed by atoms with Gasteiger partial charge in [0.25, 0.3) is 10.0 Å². The van der Waals surface area contributed by atoms with E-state index in [1.165, 1.54) is 21.2 Å². The fraction of sp³-hybridized carbons (Fsp3) is 0.450. The molecule has 2 heterocycles. The SMILES string of the molecule is Cc1ccc(CN(C)C(=O)NCc2ccc(S(=O)(=O)N3CCOCC3)s2)c(C)c1. The lowest BCUT2D eigenvalue weighted by molar-refractivity contribution is 0.0731. The number of aryl methyl sites for hydroxylation is 2. The summed E-state index contributed by atoms with van der Waals surface area (Å²) in [4.78, 5) is 14.8. The Bertz CT molecular complexity index is 966. The molecule has 1 aliphatic heterocycles. The minimum atomic E-state index is -3.50. The molecule has 2 amide bonds. The molecule has 0 bridgehead atoms. The van der Waals surface area contributed by atoms with Crippen LogP contribution in [-0.4, -0.2) is 57.0 Å². The number of nitrogens with zero attached hydrogens (tertiary/aromatic N) is 2. The largest absolute Gasteiger partial charge is 0.379 e. The van der Waals surface area contributed by atoms with Crippen LogP contribution < -0.4 is 5.32 Å². The normalized spacial score (nSPS) is 15.3. The van der Waals surface area contributed by atoms with Gasteiger partial charge in [-0.15, -0.1) is 11.3 Å². The lowest BCUT2D eigenvalue weighted by atomic mass is 10.1. The van der Waals surface area contributed by atoms with Crippen LogP contribution in [0, 0.1) is 13.8 Å². The zero-order chi connectivity index (χ0) is 21.0. The monoisotopic (exact) mass is 437 g/mol. The van der Waals surface area contributed by atoms with Gasteiger partial charge in [-0.3, -0.25) is 0 Å².